The minimum absolute atomic E-state index is 0.630. The highest BCUT2D eigenvalue weighted by Gasteiger charge is 2.32. The zero-order chi connectivity index (χ0) is 14.8. The van der Waals surface area contributed by atoms with Gasteiger partial charge in [0.15, 0.2) is 0 Å². The van der Waals surface area contributed by atoms with Gasteiger partial charge in [0.05, 0.1) is 6.61 Å². The summed E-state index contributed by atoms with van der Waals surface area (Å²) in [7, 11) is 3.55. The molecule has 3 atom stereocenters. The lowest BCUT2D eigenvalue weighted by Gasteiger charge is -2.42. The van der Waals surface area contributed by atoms with Gasteiger partial charge in [-0.3, -0.25) is 4.90 Å². The number of nitrogens with two attached hydrogens (primary N) is 1. The molecule has 0 spiro atoms. The van der Waals surface area contributed by atoms with Crippen LogP contribution >= 0.6 is 0 Å². The van der Waals surface area contributed by atoms with Gasteiger partial charge < -0.3 is 15.2 Å². The van der Waals surface area contributed by atoms with Crippen LogP contribution in [0.2, 0.25) is 0 Å². The van der Waals surface area contributed by atoms with E-state index < -0.39 is 0 Å². The quantitative estimate of drug-likeness (QED) is 0.625. The molecule has 1 aliphatic rings. The van der Waals surface area contributed by atoms with Gasteiger partial charge in [0, 0.05) is 40.0 Å². The Morgan fingerprint density at radius 1 is 1.10 bits per heavy atom. The Kier molecular flexibility index (Phi) is 9.44. The second kappa shape index (κ2) is 10.6. The molecular formula is C16H34N2O2. The van der Waals surface area contributed by atoms with Crippen LogP contribution in [-0.2, 0) is 9.47 Å². The predicted molar refractivity (Wildman–Crippen MR) is 83.9 cm³/mol. The lowest BCUT2D eigenvalue weighted by Crippen LogP contribution is -2.48. The van der Waals surface area contributed by atoms with Gasteiger partial charge >= 0.3 is 0 Å². The fourth-order valence-electron chi connectivity index (χ4n) is 3.45. The number of nitrogens with zero attached hydrogens (tertiary/aromatic N) is 1. The topological polar surface area (TPSA) is 47.7 Å². The number of hydrogen-bond donors (Lipinski definition) is 1. The maximum absolute atomic E-state index is 6.02. The van der Waals surface area contributed by atoms with Gasteiger partial charge in [-0.2, -0.15) is 0 Å². The van der Waals surface area contributed by atoms with Crippen molar-refractivity contribution < 1.29 is 9.47 Å². The molecule has 2 N–H and O–H groups in total. The van der Waals surface area contributed by atoms with E-state index in [1.54, 1.807) is 14.2 Å². The first-order valence-corrected chi connectivity index (χ1v) is 8.18. The molecule has 120 valence electrons. The molecule has 0 aromatic rings. The summed E-state index contributed by atoms with van der Waals surface area (Å²) in [5.74, 6) is 1.52. The van der Waals surface area contributed by atoms with E-state index in [1.165, 1.54) is 25.7 Å². The van der Waals surface area contributed by atoms with Crippen LogP contribution in [-0.4, -0.2) is 58.0 Å². The zero-order valence-electron chi connectivity index (χ0n) is 13.6. The molecule has 0 radical (unpaired) electrons. The van der Waals surface area contributed by atoms with E-state index in [0.29, 0.717) is 12.0 Å². The van der Waals surface area contributed by atoms with Crippen molar-refractivity contribution in [2.75, 3.05) is 47.1 Å². The number of hydrogen-bond acceptors (Lipinski definition) is 4. The minimum Gasteiger partial charge on any atom is -0.385 e. The fraction of sp³-hybridized carbons (Fsp3) is 1.00. The molecule has 0 aromatic carbocycles. The Hall–Kier alpha value is -0.160. The molecule has 3 unspecified atom stereocenters. The average Bonchev–Trinajstić information content (AvgIpc) is 2.50. The van der Waals surface area contributed by atoms with Crippen molar-refractivity contribution >= 4 is 0 Å². The lowest BCUT2D eigenvalue weighted by atomic mass is 9.76. The first kappa shape index (κ1) is 17.9. The maximum Gasteiger partial charge on any atom is 0.0589 e. The molecule has 4 nitrogen and oxygen atoms in total. The van der Waals surface area contributed by atoms with E-state index in [2.05, 4.69) is 11.8 Å². The van der Waals surface area contributed by atoms with Crippen LogP contribution in [0.1, 0.15) is 39.0 Å². The van der Waals surface area contributed by atoms with Crippen LogP contribution in [0.4, 0.5) is 0 Å². The molecule has 0 aromatic heterocycles. The minimum atomic E-state index is 0.630. The molecular weight excluding hydrogens is 252 g/mol. The third-order valence-electron chi connectivity index (χ3n) is 4.79. The molecule has 1 rings (SSSR count). The van der Waals surface area contributed by atoms with Crippen LogP contribution in [0.25, 0.3) is 0 Å². The van der Waals surface area contributed by atoms with Crippen molar-refractivity contribution in [3.63, 3.8) is 0 Å². The average molecular weight is 286 g/mol. The summed E-state index contributed by atoms with van der Waals surface area (Å²) < 4.78 is 10.5. The van der Waals surface area contributed by atoms with Crippen LogP contribution in [0, 0.1) is 11.8 Å². The molecule has 1 saturated carbocycles. The summed E-state index contributed by atoms with van der Waals surface area (Å²) in [6.45, 7) is 6.87. The Labute approximate surface area is 125 Å². The second-order valence-corrected chi connectivity index (χ2v) is 6.03. The van der Waals surface area contributed by atoms with Gasteiger partial charge in [-0.1, -0.05) is 19.8 Å². The Morgan fingerprint density at radius 3 is 2.45 bits per heavy atom. The monoisotopic (exact) mass is 286 g/mol. The lowest BCUT2D eigenvalue weighted by molar-refractivity contribution is 0.0492. The fourth-order valence-corrected chi connectivity index (χ4v) is 3.45. The molecule has 4 heteroatoms. The van der Waals surface area contributed by atoms with E-state index in [0.717, 1.165) is 45.2 Å². The maximum atomic E-state index is 6.02. The van der Waals surface area contributed by atoms with Crippen LogP contribution in [0.15, 0.2) is 0 Å². The number of ether oxygens (including phenoxy) is 2. The molecule has 20 heavy (non-hydrogen) atoms. The van der Waals surface area contributed by atoms with E-state index in [9.17, 15) is 0 Å². The third-order valence-corrected chi connectivity index (χ3v) is 4.79. The SMILES string of the molecule is CCC1CCC(CN)C(N(CCCOC)CCOC)C1. The zero-order valence-corrected chi connectivity index (χ0v) is 13.6. The standard InChI is InChI=1S/C16H34N2O2/c1-4-14-6-7-15(13-17)16(12-14)18(9-11-20-3)8-5-10-19-2/h14-16H,4-13,17H2,1-3H3. The van der Waals surface area contributed by atoms with E-state index in [1.807, 2.05) is 0 Å². The van der Waals surface area contributed by atoms with Gasteiger partial charge in [-0.25, -0.2) is 0 Å². The third kappa shape index (κ3) is 5.68. The summed E-state index contributed by atoms with van der Waals surface area (Å²) in [5.41, 5.74) is 6.02. The van der Waals surface area contributed by atoms with Crippen LogP contribution in [0.5, 0.6) is 0 Å². The van der Waals surface area contributed by atoms with Crippen LogP contribution < -0.4 is 5.73 Å². The predicted octanol–water partition coefficient (Wildman–Crippen LogP) is 2.12. The molecule has 0 saturated heterocycles. The van der Waals surface area contributed by atoms with Crippen molar-refractivity contribution in [3.05, 3.63) is 0 Å². The summed E-state index contributed by atoms with van der Waals surface area (Å²) in [6, 6.07) is 0.630. The number of methoxy groups -OCH3 is 2. The van der Waals surface area contributed by atoms with Gasteiger partial charge in [0.25, 0.3) is 0 Å². The Balaban J connectivity index is 2.61. The molecule has 0 bridgehead atoms. The van der Waals surface area contributed by atoms with E-state index >= 15 is 0 Å². The molecule has 1 aliphatic carbocycles. The van der Waals surface area contributed by atoms with Crippen LogP contribution in [0.3, 0.4) is 0 Å². The summed E-state index contributed by atoms with van der Waals surface area (Å²) in [6.07, 6.45) is 6.32. The number of rotatable bonds is 10. The van der Waals surface area contributed by atoms with E-state index in [-0.39, 0.29) is 0 Å². The van der Waals surface area contributed by atoms with Crippen molar-refractivity contribution in [1.82, 2.24) is 4.90 Å². The van der Waals surface area contributed by atoms with Gasteiger partial charge in [0.2, 0.25) is 0 Å². The van der Waals surface area contributed by atoms with Crippen molar-refractivity contribution in [2.24, 2.45) is 17.6 Å². The Bertz CT molecular complexity index is 239. The summed E-state index contributed by atoms with van der Waals surface area (Å²) >= 11 is 0. The summed E-state index contributed by atoms with van der Waals surface area (Å²) in [5, 5.41) is 0. The normalized spacial score (nSPS) is 27.1. The molecule has 1 fully saturated rings. The van der Waals surface area contributed by atoms with Crippen molar-refractivity contribution in [2.45, 2.75) is 45.1 Å². The Morgan fingerprint density at radius 2 is 1.85 bits per heavy atom. The highest BCUT2D eigenvalue weighted by atomic mass is 16.5. The smallest absolute Gasteiger partial charge is 0.0589 e. The first-order valence-electron chi connectivity index (χ1n) is 8.18. The summed E-state index contributed by atoms with van der Waals surface area (Å²) in [4.78, 5) is 2.60. The molecule has 0 amide bonds. The van der Waals surface area contributed by atoms with E-state index in [4.69, 9.17) is 15.2 Å². The highest BCUT2D eigenvalue weighted by Crippen LogP contribution is 2.33. The van der Waals surface area contributed by atoms with Gasteiger partial charge in [-0.15, -0.1) is 0 Å². The van der Waals surface area contributed by atoms with Gasteiger partial charge in [0.1, 0.15) is 0 Å². The highest BCUT2D eigenvalue weighted by molar-refractivity contribution is 4.87. The van der Waals surface area contributed by atoms with Gasteiger partial charge in [-0.05, 0) is 37.6 Å². The second-order valence-electron chi connectivity index (χ2n) is 6.03. The van der Waals surface area contributed by atoms with Crippen molar-refractivity contribution in [3.8, 4) is 0 Å². The largest absolute Gasteiger partial charge is 0.385 e. The molecule has 0 heterocycles. The molecule has 0 aliphatic heterocycles. The first-order chi connectivity index (χ1) is 9.76. The van der Waals surface area contributed by atoms with Crippen molar-refractivity contribution in [1.29, 1.82) is 0 Å².